The number of carbonyl (C=O) groups excluding carboxylic acids is 1. The van der Waals surface area contributed by atoms with Gasteiger partial charge in [-0.05, 0) is 58.8 Å². The first kappa shape index (κ1) is 17.7. The lowest BCUT2D eigenvalue weighted by Gasteiger charge is -2.36. The van der Waals surface area contributed by atoms with Crippen LogP contribution in [0, 0.1) is 0 Å². The van der Waals surface area contributed by atoms with E-state index in [0.717, 1.165) is 19.6 Å². The summed E-state index contributed by atoms with van der Waals surface area (Å²) >= 11 is 0. The number of hydrogen-bond donors (Lipinski definition) is 2. The lowest BCUT2D eigenvalue weighted by molar-refractivity contribution is -0.125. The van der Waals surface area contributed by atoms with E-state index in [4.69, 9.17) is 0 Å². The number of piperidine rings is 2. The van der Waals surface area contributed by atoms with Gasteiger partial charge in [0, 0.05) is 18.8 Å². The molecule has 2 fully saturated rings. The first-order valence-electron chi connectivity index (χ1n) is 8.29. The molecule has 7 heteroatoms. The molecular weight excluding hydrogens is 302 g/mol. The van der Waals surface area contributed by atoms with E-state index in [2.05, 4.69) is 15.5 Å². The summed E-state index contributed by atoms with van der Waals surface area (Å²) in [5.41, 5.74) is 0. The summed E-state index contributed by atoms with van der Waals surface area (Å²) < 4.78 is 23.2. The van der Waals surface area contributed by atoms with E-state index in [1.807, 2.05) is 6.92 Å². The molecule has 2 aliphatic heterocycles. The number of carbonyl (C=O) groups is 1. The molecule has 0 aromatic heterocycles. The number of nitrogens with one attached hydrogen (secondary N) is 2. The van der Waals surface area contributed by atoms with Crippen LogP contribution < -0.4 is 10.6 Å². The highest BCUT2D eigenvalue weighted by Gasteiger charge is 2.48. The van der Waals surface area contributed by atoms with Crippen LogP contribution in [-0.4, -0.2) is 69.0 Å². The molecule has 0 bridgehead atoms. The molecule has 0 spiro atoms. The molecular formula is C15H29N3O3S. The van der Waals surface area contributed by atoms with Crippen molar-refractivity contribution in [1.82, 2.24) is 15.5 Å². The zero-order chi connectivity index (χ0) is 16.2. The predicted molar refractivity (Wildman–Crippen MR) is 87.6 cm³/mol. The lowest BCUT2D eigenvalue weighted by Crippen LogP contribution is -2.59. The minimum Gasteiger partial charge on any atom is -0.351 e. The molecule has 0 aliphatic carbocycles. The van der Waals surface area contributed by atoms with Crippen molar-refractivity contribution in [3.05, 3.63) is 0 Å². The van der Waals surface area contributed by atoms with Gasteiger partial charge in [-0.2, -0.15) is 0 Å². The lowest BCUT2D eigenvalue weighted by atomic mass is 9.95. The molecule has 1 atom stereocenters. The van der Waals surface area contributed by atoms with Crippen molar-refractivity contribution in [2.24, 2.45) is 0 Å². The van der Waals surface area contributed by atoms with Gasteiger partial charge in [0.25, 0.3) is 0 Å². The van der Waals surface area contributed by atoms with Crippen LogP contribution in [0.15, 0.2) is 0 Å². The van der Waals surface area contributed by atoms with E-state index in [9.17, 15) is 13.2 Å². The van der Waals surface area contributed by atoms with Gasteiger partial charge in [-0.15, -0.1) is 0 Å². The Bertz CT molecular complexity index is 480. The third-order valence-corrected chi connectivity index (χ3v) is 6.91. The average Bonchev–Trinajstić information content (AvgIpc) is 2.47. The smallest absolute Gasteiger partial charge is 0.241 e. The molecule has 0 aromatic carbocycles. The molecule has 0 aromatic rings. The zero-order valence-corrected chi connectivity index (χ0v) is 14.5. The standard InChI is InChI=1S/C15H29N3O3S/c1-13(12-18-10-4-3-5-11-18)17-14(19)15(22(2,20)21)6-8-16-9-7-15/h13,16H,3-12H2,1-2H3,(H,17,19). The summed E-state index contributed by atoms with van der Waals surface area (Å²) in [7, 11) is -3.43. The monoisotopic (exact) mass is 331 g/mol. The highest BCUT2D eigenvalue weighted by atomic mass is 32.2. The Balaban J connectivity index is 1.98. The second kappa shape index (κ2) is 7.27. The van der Waals surface area contributed by atoms with Gasteiger partial charge >= 0.3 is 0 Å². The summed E-state index contributed by atoms with van der Waals surface area (Å²) in [6.07, 6.45) is 5.59. The van der Waals surface area contributed by atoms with Crippen molar-refractivity contribution in [2.75, 3.05) is 39.0 Å². The Morgan fingerprint density at radius 2 is 1.82 bits per heavy atom. The second-order valence-corrected chi connectivity index (χ2v) is 9.08. The molecule has 2 rings (SSSR count). The van der Waals surface area contributed by atoms with E-state index in [1.54, 1.807) is 0 Å². The molecule has 1 amide bonds. The van der Waals surface area contributed by atoms with Gasteiger partial charge in [-0.1, -0.05) is 6.42 Å². The normalized spacial score (nSPS) is 24.6. The number of sulfone groups is 1. The zero-order valence-electron chi connectivity index (χ0n) is 13.7. The molecule has 22 heavy (non-hydrogen) atoms. The molecule has 2 N–H and O–H groups in total. The number of likely N-dealkylation sites (tertiary alicyclic amines) is 1. The third-order valence-electron chi connectivity index (χ3n) is 4.89. The first-order valence-corrected chi connectivity index (χ1v) is 10.2. The van der Waals surface area contributed by atoms with E-state index in [0.29, 0.717) is 25.9 Å². The van der Waals surface area contributed by atoms with Crippen LogP contribution in [-0.2, 0) is 14.6 Å². The Labute approximate surface area is 133 Å². The molecule has 128 valence electrons. The summed E-state index contributed by atoms with van der Waals surface area (Å²) in [6.45, 7) is 6.04. The van der Waals surface area contributed by atoms with Crippen molar-refractivity contribution in [2.45, 2.75) is 49.8 Å². The van der Waals surface area contributed by atoms with Gasteiger partial charge in [0.15, 0.2) is 14.6 Å². The van der Waals surface area contributed by atoms with Crippen molar-refractivity contribution in [3.63, 3.8) is 0 Å². The Kier molecular flexibility index (Phi) is 5.85. The van der Waals surface area contributed by atoms with Crippen LogP contribution in [0.2, 0.25) is 0 Å². The maximum Gasteiger partial charge on any atom is 0.241 e. The summed E-state index contributed by atoms with van der Waals surface area (Å²) in [5, 5.41) is 6.09. The Hall–Kier alpha value is -0.660. The molecule has 2 heterocycles. The van der Waals surface area contributed by atoms with Gasteiger partial charge in [0.2, 0.25) is 5.91 Å². The second-order valence-electron chi connectivity index (χ2n) is 6.75. The predicted octanol–water partition coefficient (Wildman–Crippen LogP) is 0.144. The van der Waals surface area contributed by atoms with Gasteiger partial charge in [0.1, 0.15) is 0 Å². The van der Waals surface area contributed by atoms with Gasteiger partial charge in [0.05, 0.1) is 0 Å². The fourth-order valence-corrected chi connectivity index (χ4v) is 4.87. The van der Waals surface area contributed by atoms with E-state index in [1.165, 1.54) is 25.5 Å². The van der Waals surface area contributed by atoms with Crippen LogP contribution in [0.3, 0.4) is 0 Å². The largest absolute Gasteiger partial charge is 0.351 e. The molecule has 2 saturated heterocycles. The highest BCUT2D eigenvalue weighted by molar-refractivity contribution is 7.92. The Morgan fingerprint density at radius 1 is 1.23 bits per heavy atom. The summed E-state index contributed by atoms with van der Waals surface area (Å²) in [6, 6.07) is -0.0286. The van der Waals surface area contributed by atoms with Crippen molar-refractivity contribution >= 4 is 15.7 Å². The molecule has 1 unspecified atom stereocenters. The fraction of sp³-hybridized carbons (Fsp3) is 0.933. The van der Waals surface area contributed by atoms with Crippen molar-refractivity contribution in [1.29, 1.82) is 0 Å². The topological polar surface area (TPSA) is 78.5 Å². The van der Waals surface area contributed by atoms with Crippen LogP contribution in [0.25, 0.3) is 0 Å². The molecule has 0 saturated carbocycles. The van der Waals surface area contributed by atoms with Crippen molar-refractivity contribution in [3.8, 4) is 0 Å². The SMILES string of the molecule is CC(CN1CCCCC1)NC(=O)C1(S(C)(=O)=O)CCNCC1. The fourth-order valence-electron chi connectivity index (χ4n) is 3.53. The quantitative estimate of drug-likeness (QED) is 0.749. The van der Waals surface area contributed by atoms with Crippen LogP contribution in [0.5, 0.6) is 0 Å². The van der Waals surface area contributed by atoms with Crippen LogP contribution >= 0.6 is 0 Å². The van der Waals surface area contributed by atoms with E-state index < -0.39 is 14.6 Å². The number of amides is 1. The van der Waals surface area contributed by atoms with Crippen molar-refractivity contribution < 1.29 is 13.2 Å². The molecule has 2 aliphatic rings. The maximum absolute atomic E-state index is 12.7. The first-order chi connectivity index (χ1) is 10.3. The van der Waals surface area contributed by atoms with Gasteiger partial charge < -0.3 is 15.5 Å². The number of nitrogens with zero attached hydrogens (tertiary/aromatic N) is 1. The average molecular weight is 331 g/mol. The number of hydrogen-bond acceptors (Lipinski definition) is 5. The van der Waals surface area contributed by atoms with E-state index in [-0.39, 0.29) is 11.9 Å². The Morgan fingerprint density at radius 3 is 2.36 bits per heavy atom. The summed E-state index contributed by atoms with van der Waals surface area (Å²) in [5.74, 6) is -0.319. The molecule has 6 nitrogen and oxygen atoms in total. The van der Waals surface area contributed by atoms with E-state index >= 15 is 0 Å². The maximum atomic E-state index is 12.7. The summed E-state index contributed by atoms with van der Waals surface area (Å²) in [4.78, 5) is 15.0. The number of rotatable bonds is 5. The highest BCUT2D eigenvalue weighted by Crippen LogP contribution is 2.28. The minimum absolute atomic E-state index is 0.0286. The van der Waals surface area contributed by atoms with Crippen LogP contribution in [0.4, 0.5) is 0 Å². The minimum atomic E-state index is -3.43. The van der Waals surface area contributed by atoms with Gasteiger partial charge in [-0.25, -0.2) is 8.42 Å². The van der Waals surface area contributed by atoms with Crippen LogP contribution in [0.1, 0.15) is 39.0 Å². The third kappa shape index (κ3) is 4.00. The van der Waals surface area contributed by atoms with Gasteiger partial charge in [-0.3, -0.25) is 4.79 Å². The molecule has 0 radical (unpaired) electrons.